The van der Waals surface area contributed by atoms with E-state index in [2.05, 4.69) is 10.1 Å². The first-order valence-electron chi connectivity index (χ1n) is 5.71. The number of ether oxygens (including phenoxy) is 1. The first-order chi connectivity index (χ1) is 8.10. The summed E-state index contributed by atoms with van der Waals surface area (Å²) in [5.41, 5.74) is 0.797. The van der Waals surface area contributed by atoms with Crippen molar-refractivity contribution in [2.75, 3.05) is 7.11 Å². The monoisotopic (exact) mass is 237 g/mol. The highest BCUT2D eigenvalue weighted by Gasteiger charge is 2.19. The van der Waals surface area contributed by atoms with Gasteiger partial charge in [-0.3, -0.25) is 10.1 Å². The SMILES string of the molecule is CCC(NC(C)C(=O)OC)c1ccccc1O. The summed E-state index contributed by atoms with van der Waals surface area (Å²) in [6, 6.07) is 6.66. The van der Waals surface area contributed by atoms with Crippen LogP contribution in [0.25, 0.3) is 0 Å². The van der Waals surface area contributed by atoms with E-state index < -0.39 is 6.04 Å². The number of carbonyl (C=O) groups is 1. The van der Waals surface area contributed by atoms with Crippen LogP contribution in [0.1, 0.15) is 31.9 Å². The van der Waals surface area contributed by atoms with Gasteiger partial charge in [0.2, 0.25) is 0 Å². The third kappa shape index (κ3) is 3.46. The molecule has 0 saturated heterocycles. The fourth-order valence-corrected chi connectivity index (χ4v) is 1.76. The van der Waals surface area contributed by atoms with E-state index in [9.17, 15) is 9.90 Å². The summed E-state index contributed by atoms with van der Waals surface area (Å²) in [5, 5.41) is 12.9. The molecule has 2 unspecified atom stereocenters. The molecule has 0 spiro atoms. The third-order valence-corrected chi connectivity index (χ3v) is 2.73. The Morgan fingerprint density at radius 3 is 2.65 bits per heavy atom. The molecular formula is C13H19NO3. The van der Waals surface area contributed by atoms with Crippen molar-refractivity contribution in [3.05, 3.63) is 29.8 Å². The first kappa shape index (κ1) is 13.5. The minimum Gasteiger partial charge on any atom is -0.508 e. The van der Waals surface area contributed by atoms with Crippen LogP contribution in [-0.2, 0) is 9.53 Å². The van der Waals surface area contributed by atoms with Crippen molar-refractivity contribution in [1.29, 1.82) is 0 Å². The second-order valence-corrected chi connectivity index (χ2v) is 3.93. The van der Waals surface area contributed by atoms with Gasteiger partial charge in [0.05, 0.1) is 7.11 Å². The molecule has 0 aliphatic rings. The zero-order valence-electron chi connectivity index (χ0n) is 10.4. The Kier molecular flexibility index (Phi) is 4.97. The lowest BCUT2D eigenvalue weighted by atomic mass is 10.0. The largest absolute Gasteiger partial charge is 0.508 e. The molecule has 1 aromatic carbocycles. The number of methoxy groups -OCH3 is 1. The van der Waals surface area contributed by atoms with E-state index in [0.29, 0.717) is 0 Å². The molecule has 4 nitrogen and oxygen atoms in total. The van der Waals surface area contributed by atoms with E-state index >= 15 is 0 Å². The molecule has 0 radical (unpaired) electrons. The molecule has 4 heteroatoms. The summed E-state index contributed by atoms with van der Waals surface area (Å²) in [6.45, 7) is 3.74. The average Bonchev–Trinajstić information content (AvgIpc) is 2.35. The van der Waals surface area contributed by atoms with Gasteiger partial charge in [-0.15, -0.1) is 0 Å². The number of phenolic OH excluding ortho intramolecular Hbond substituents is 1. The lowest BCUT2D eigenvalue weighted by Gasteiger charge is -2.21. The number of phenols is 1. The van der Waals surface area contributed by atoms with Crippen molar-refractivity contribution < 1.29 is 14.6 Å². The quantitative estimate of drug-likeness (QED) is 0.769. The number of nitrogens with one attached hydrogen (secondary N) is 1. The van der Waals surface area contributed by atoms with Crippen LogP contribution < -0.4 is 5.32 Å². The molecule has 2 N–H and O–H groups in total. The molecule has 0 saturated carbocycles. The van der Waals surface area contributed by atoms with E-state index in [1.807, 2.05) is 19.1 Å². The van der Waals surface area contributed by atoms with Crippen LogP contribution in [-0.4, -0.2) is 24.2 Å². The summed E-state index contributed by atoms with van der Waals surface area (Å²) in [6.07, 6.45) is 0.777. The fraction of sp³-hybridized carbons (Fsp3) is 0.462. The maximum absolute atomic E-state index is 11.3. The van der Waals surface area contributed by atoms with Crippen LogP contribution in [0.3, 0.4) is 0 Å². The Bertz CT molecular complexity index is 379. The van der Waals surface area contributed by atoms with Gasteiger partial charge in [0.25, 0.3) is 0 Å². The number of para-hydroxylation sites is 1. The zero-order chi connectivity index (χ0) is 12.8. The maximum atomic E-state index is 11.3. The molecule has 0 aromatic heterocycles. The Balaban J connectivity index is 2.79. The van der Waals surface area contributed by atoms with Gasteiger partial charge in [0.1, 0.15) is 11.8 Å². The number of hydrogen-bond acceptors (Lipinski definition) is 4. The Hall–Kier alpha value is -1.55. The number of esters is 1. The third-order valence-electron chi connectivity index (χ3n) is 2.73. The van der Waals surface area contributed by atoms with Crippen LogP contribution in [0.2, 0.25) is 0 Å². The number of rotatable bonds is 5. The Labute approximate surface area is 102 Å². The van der Waals surface area contributed by atoms with Crippen LogP contribution in [0.5, 0.6) is 5.75 Å². The zero-order valence-corrected chi connectivity index (χ0v) is 10.4. The van der Waals surface area contributed by atoms with E-state index in [1.54, 1.807) is 19.1 Å². The van der Waals surface area contributed by atoms with E-state index in [1.165, 1.54) is 7.11 Å². The van der Waals surface area contributed by atoms with E-state index in [4.69, 9.17) is 0 Å². The van der Waals surface area contributed by atoms with Crippen LogP contribution in [0.15, 0.2) is 24.3 Å². The van der Waals surface area contributed by atoms with Crippen molar-refractivity contribution in [3.8, 4) is 5.75 Å². The lowest BCUT2D eigenvalue weighted by molar-refractivity contribution is -0.142. The van der Waals surface area contributed by atoms with Gasteiger partial charge < -0.3 is 9.84 Å². The fourth-order valence-electron chi connectivity index (χ4n) is 1.76. The van der Waals surface area contributed by atoms with Crippen molar-refractivity contribution in [1.82, 2.24) is 5.32 Å². The highest BCUT2D eigenvalue weighted by Crippen LogP contribution is 2.26. The number of hydrogen-bond donors (Lipinski definition) is 2. The Morgan fingerprint density at radius 1 is 1.47 bits per heavy atom. The molecular weight excluding hydrogens is 218 g/mol. The van der Waals surface area contributed by atoms with Crippen molar-refractivity contribution in [2.45, 2.75) is 32.4 Å². The predicted octanol–water partition coefficient (Wildman–Crippen LogP) is 1.99. The summed E-state index contributed by atoms with van der Waals surface area (Å²) < 4.78 is 4.66. The van der Waals surface area contributed by atoms with Gasteiger partial charge in [-0.05, 0) is 19.4 Å². The molecule has 0 aliphatic heterocycles. The normalized spacial score (nSPS) is 14.1. The topological polar surface area (TPSA) is 58.6 Å². The van der Waals surface area contributed by atoms with Crippen molar-refractivity contribution in [3.63, 3.8) is 0 Å². The molecule has 1 rings (SSSR count). The van der Waals surface area contributed by atoms with Crippen LogP contribution in [0.4, 0.5) is 0 Å². The molecule has 2 atom stereocenters. The minimum atomic E-state index is -0.399. The molecule has 0 heterocycles. The first-order valence-corrected chi connectivity index (χ1v) is 5.71. The Morgan fingerprint density at radius 2 is 2.12 bits per heavy atom. The molecule has 0 fully saturated rings. The standard InChI is InChI=1S/C13H19NO3/c1-4-11(14-9(2)13(16)17-3)10-7-5-6-8-12(10)15/h5-9,11,14-15H,4H2,1-3H3. The lowest BCUT2D eigenvalue weighted by Crippen LogP contribution is -2.37. The van der Waals surface area contributed by atoms with Crippen LogP contribution in [0, 0.1) is 0 Å². The van der Waals surface area contributed by atoms with Gasteiger partial charge >= 0.3 is 5.97 Å². The highest BCUT2D eigenvalue weighted by atomic mass is 16.5. The summed E-state index contributed by atoms with van der Waals surface area (Å²) >= 11 is 0. The average molecular weight is 237 g/mol. The van der Waals surface area contributed by atoms with Gasteiger partial charge in [-0.2, -0.15) is 0 Å². The molecule has 94 valence electrons. The molecule has 0 aliphatic carbocycles. The summed E-state index contributed by atoms with van der Waals surface area (Å²) in [7, 11) is 1.36. The van der Waals surface area contributed by atoms with E-state index in [0.717, 1.165) is 12.0 Å². The molecule has 0 bridgehead atoms. The second kappa shape index (κ2) is 6.25. The van der Waals surface area contributed by atoms with Gasteiger partial charge in [-0.25, -0.2) is 0 Å². The van der Waals surface area contributed by atoms with Crippen molar-refractivity contribution >= 4 is 5.97 Å². The molecule has 0 amide bonds. The smallest absolute Gasteiger partial charge is 0.322 e. The summed E-state index contributed by atoms with van der Waals surface area (Å²) in [5.74, 6) is -0.0669. The van der Waals surface area contributed by atoms with Gasteiger partial charge in [0.15, 0.2) is 0 Å². The molecule has 17 heavy (non-hydrogen) atoms. The number of carbonyl (C=O) groups excluding carboxylic acids is 1. The van der Waals surface area contributed by atoms with Crippen molar-refractivity contribution in [2.24, 2.45) is 0 Å². The van der Waals surface area contributed by atoms with Gasteiger partial charge in [0, 0.05) is 11.6 Å². The highest BCUT2D eigenvalue weighted by molar-refractivity contribution is 5.75. The molecule has 1 aromatic rings. The van der Waals surface area contributed by atoms with E-state index in [-0.39, 0.29) is 17.8 Å². The minimum absolute atomic E-state index is 0.0645. The number of benzene rings is 1. The van der Waals surface area contributed by atoms with Gasteiger partial charge in [-0.1, -0.05) is 25.1 Å². The predicted molar refractivity (Wildman–Crippen MR) is 65.8 cm³/mol. The van der Waals surface area contributed by atoms with Crippen LogP contribution >= 0.6 is 0 Å². The maximum Gasteiger partial charge on any atom is 0.322 e. The second-order valence-electron chi connectivity index (χ2n) is 3.93. The number of aromatic hydroxyl groups is 1. The summed E-state index contributed by atoms with van der Waals surface area (Å²) in [4.78, 5) is 11.3.